The van der Waals surface area contributed by atoms with Crippen LogP contribution in [0, 0.1) is 0 Å². The molecule has 1 saturated heterocycles. The van der Waals surface area contributed by atoms with E-state index >= 15 is 0 Å². The molecule has 22 heavy (non-hydrogen) atoms. The zero-order chi connectivity index (χ0) is 15.4. The summed E-state index contributed by atoms with van der Waals surface area (Å²) in [5.74, 6) is -0.0972. The fourth-order valence-corrected chi connectivity index (χ4v) is 2.56. The molecule has 1 aliphatic heterocycles. The number of halogens is 2. The Balaban J connectivity index is 0.00000242. The Labute approximate surface area is 141 Å². The minimum atomic E-state index is -0.183. The minimum absolute atomic E-state index is 0. The second kappa shape index (κ2) is 8.36. The quantitative estimate of drug-likeness (QED) is 0.902. The van der Waals surface area contributed by atoms with E-state index in [-0.39, 0.29) is 43.2 Å². The van der Waals surface area contributed by atoms with Crippen molar-refractivity contribution >= 4 is 35.8 Å². The zero-order valence-electron chi connectivity index (χ0n) is 12.5. The monoisotopic (exact) mass is 345 g/mol. The number of benzene rings is 1. The van der Waals surface area contributed by atoms with Crippen molar-refractivity contribution in [3.05, 3.63) is 34.9 Å². The molecule has 1 aromatic carbocycles. The van der Waals surface area contributed by atoms with Crippen LogP contribution in [-0.4, -0.2) is 47.3 Å². The molecule has 1 fully saturated rings. The summed E-state index contributed by atoms with van der Waals surface area (Å²) in [7, 11) is 0. The van der Waals surface area contributed by atoms with Gasteiger partial charge >= 0.3 is 0 Å². The van der Waals surface area contributed by atoms with Crippen molar-refractivity contribution in [2.24, 2.45) is 5.73 Å². The Bertz CT molecular complexity index is 537. The highest BCUT2D eigenvalue weighted by atomic mass is 35.5. The summed E-state index contributed by atoms with van der Waals surface area (Å²) in [5.41, 5.74) is 6.61. The molecule has 1 heterocycles. The molecule has 2 amide bonds. The Morgan fingerprint density at radius 1 is 1.41 bits per heavy atom. The molecular weight excluding hydrogens is 325 g/mol. The van der Waals surface area contributed by atoms with Crippen molar-refractivity contribution < 1.29 is 9.59 Å². The maximum absolute atomic E-state index is 12.2. The molecule has 0 aromatic heterocycles. The van der Waals surface area contributed by atoms with Gasteiger partial charge in [0.2, 0.25) is 11.8 Å². The predicted octanol–water partition coefficient (Wildman–Crippen LogP) is 1.67. The van der Waals surface area contributed by atoms with Crippen LogP contribution in [0.15, 0.2) is 24.3 Å². The van der Waals surface area contributed by atoms with Crippen LogP contribution in [0.1, 0.15) is 18.9 Å². The fraction of sp³-hybridized carbons (Fsp3) is 0.467. The van der Waals surface area contributed by atoms with Gasteiger partial charge in [0.15, 0.2) is 0 Å². The highest BCUT2D eigenvalue weighted by Gasteiger charge is 2.27. The van der Waals surface area contributed by atoms with E-state index in [1.54, 1.807) is 22.8 Å². The molecule has 0 radical (unpaired) electrons. The SMILES string of the molecule is CC(N)CC(=O)N1CCN(Cc2cccc(Cl)c2)C(=O)C1.Cl. The predicted molar refractivity (Wildman–Crippen MR) is 89.0 cm³/mol. The summed E-state index contributed by atoms with van der Waals surface area (Å²) in [6.45, 7) is 3.53. The van der Waals surface area contributed by atoms with E-state index < -0.39 is 0 Å². The minimum Gasteiger partial charge on any atom is -0.335 e. The van der Waals surface area contributed by atoms with E-state index in [2.05, 4.69) is 0 Å². The van der Waals surface area contributed by atoms with E-state index in [0.29, 0.717) is 24.7 Å². The molecule has 1 aromatic rings. The van der Waals surface area contributed by atoms with E-state index in [4.69, 9.17) is 17.3 Å². The maximum atomic E-state index is 12.2. The Kier molecular flexibility index (Phi) is 7.13. The highest BCUT2D eigenvalue weighted by Crippen LogP contribution is 2.15. The van der Waals surface area contributed by atoms with Gasteiger partial charge in [-0.3, -0.25) is 9.59 Å². The molecule has 0 aliphatic carbocycles. The summed E-state index contributed by atoms with van der Waals surface area (Å²) in [6.07, 6.45) is 0.279. The number of hydrogen-bond acceptors (Lipinski definition) is 3. The number of hydrogen-bond donors (Lipinski definition) is 1. The van der Waals surface area contributed by atoms with Crippen molar-refractivity contribution in [1.29, 1.82) is 0 Å². The van der Waals surface area contributed by atoms with Crippen molar-refractivity contribution in [2.45, 2.75) is 25.9 Å². The number of nitrogens with two attached hydrogens (primary N) is 1. The number of carbonyl (C=O) groups is 2. The molecule has 5 nitrogen and oxygen atoms in total. The molecule has 0 bridgehead atoms. The summed E-state index contributed by atoms with van der Waals surface area (Å²) >= 11 is 5.94. The Hall–Kier alpha value is -1.30. The van der Waals surface area contributed by atoms with Crippen LogP contribution in [0.2, 0.25) is 5.02 Å². The number of amides is 2. The first-order chi connectivity index (χ1) is 9.95. The first kappa shape index (κ1) is 18.7. The van der Waals surface area contributed by atoms with Gasteiger partial charge in [0.1, 0.15) is 0 Å². The smallest absolute Gasteiger partial charge is 0.242 e. The van der Waals surface area contributed by atoms with Gasteiger partial charge in [-0.1, -0.05) is 23.7 Å². The van der Waals surface area contributed by atoms with Gasteiger partial charge in [0.25, 0.3) is 0 Å². The van der Waals surface area contributed by atoms with Gasteiger partial charge in [-0.2, -0.15) is 0 Å². The van der Waals surface area contributed by atoms with Crippen LogP contribution in [0.4, 0.5) is 0 Å². The molecule has 2 rings (SSSR count). The Morgan fingerprint density at radius 3 is 2.73 bits per heavy atom. The van der Waals surface area contributed by atoms with Crippen LogP contribution >= 0.6 is 24.0 Å². The van der Waals surface area contributed by atoms with Crippen LogP contribution in [0.25, 0.3) is 0 Å². The van der Waals surface area contributed by atoms with E-state index in [9.17, 15) is 9.59 Å². The lowest BCUT2D eigenvalue weighted by Crippen LogP contribution is -2.52. The van der Waals surface area contributed by atoms with Crippen LogP contribution < -0.4 is 5.73 Å². The second-order valence-electron chi connectivity index (χ2n) is 5.44. The number of piperazine rings is 1. The zero-order valence-corrected chi connectivity index (χ0v) is 14.1. The largest absolute Gasteiger partial charge is 0.335 e. The van der Waals surface area contributed by atoms with E-state index in [1.165, 1.54) is 0 Å². The van der Waals surface area contributed by atoms with Crippen molar-refractivity contribution in [2.75, 3.05) is 19.6 Å². The summed E-state index contributed by atoms with van der Waals surface area (Å²) in [6, 6.07) is 7.27. The van der Waals surface area contributed by atoms with Gasteiger partial charge in [0, 0.05) is 37.1 Å². The average Bonchev–Trinajstić information content (AvgIpc) is 2.40. The molecular formula is C15H21Cl2N3O2. The molecule has 2 N–H and O–H groups in total. The number of nitrogens with zero attached hydrogens (tertiary/aromatic N) is 2. The Morgan fingerprint density at radius 2 is 2.14 bits per heavy atom. The molecule has 1 aliphatic rings. The first-order valence-corrected chi connectivity index (χ1v) is 7.39. The second-order valence-corrected chi connectivity index (χ2v) is 5.88. The normalized spacial score (nSPS) is 16.2. The number of rotatable bonds is 4. The van der Waals surface area contributed by atoms with Crippen LogP contribution in [0.5, 0.6) is 0 Å². The summed E-state index contributed by atoms with van der Waals surface area (Å²) in [4.78, 5) is 27.4. The molecule has 0 saturated carbocycles. The standard InChI is InChI=1S/C15H20ClN3O2.ClH/c1-11(17)7-14(20)19-6-5-18(15(21)10-19)9-12-3-2-4-13(16)8-12;/h2-4,8,11H,5-7,9-10,17H2,1H3;1H. The number of carbonyl (C=O) groups excluding carboxylic acids is 2. The lowest BCUT2D eigenvalue weighted by atomic mass is 10.1. The third-order valence-electron chi connectivity index (χ3n) is 3.43. The lowest BCUT2D eigenvalue weighted by molar-refractivity contribution is -0.145. The maximum Gasteiger partial charge on any atom is 0.242 e. The molecule has 1 atom stereocenters. The van der Waals surface area contributed by atoms with Crippen molar-refractivity contribution in [3.8, 4) is 0 Å². The van der Waals surface area contributed by atoms with Crippen LogP contribution in [0.3, 0.4) is 0 Å². The third-order valence-corrected chi connectivity index (χ3v) is 3.67. The van der Waals surface area contributed by atoms with Gasteiger partial charge < -0.3 is 15.5 Å². The topological polar surface area (TPSA) is 66.6 Å². The molecule has 1 unspecified atom stereocenters. The van der Waals surface area contributed by atoms with Gasteiger partial charge in [0.05, 0.1) is 6.54 Å². The fourth-order valence-electron chi connectivity index (χ4n) is 2.35. The van der Waals surface area contributed by atoms with Gasteiger partial charge in [-0.15, -0.1) is 12.4 Å². The third kappa shape index (κ3) is 5.16. The van der Waals surface area contributed by atoms with Crippen molar-refractivity contribution in [3.63, 3.8) is 0 Å². The van der Waals surface area contributed by atoms with Crippen LogP contribution in [-0.2, 0) is 16.1 Å². The first-order valence-electron chi connectivity index (χ1n) is 7.01. The average molecular weight is 346 g/mol. The van der Waals surface area contributed by atoms with E-state index in [1.807, 2.05) is 18.2 Å². The summed E-state index contributed by atoms with van der Waals surface area (Å²) in [5, 5.41) is 0.658. The molecule has 122 valence electrons. The highest BCUT2D eigenvalue weighted by molar-refractivity contribution is 6.30. The van der Waals surface area contributed by atoms with E-state index in [0.717, 1.165) is 5.56 Å². The molecule has 0 spiro atoms. The summed E-state index contributed by atoms with van der Waals surface area (Å²) < 4.78 is 0. The van der Waals surface area contributed by atoms with Gasteiger partial charge in [-0.05, 0) is 24.6 Å². The van der Waals surface area contributed by atoms with Crippen molar-refractivity contribution in [1.82, 2.24) is 9.80 Å². The van der Waals surface area contributed by atoms with Gasteiger partial charge in [-0.25, -0.2) is 0 Å². The lowest BCUT2D eigenvalue weighted by Gasteiger charge is -2.34. The molecule has 7 heteroatoms.